The Labute approximate surface area is 167 Å². The lowest BCUT2D eigenvalue weighted by Crippen LogP contribution is -2.53. The molecule has 0 heterocycles. The van der Waals surface area contributed by atoms with Gasteiger partial charge in [-0.15, -0.1) is 0 Å². The van der Waals surface area contributed by atoms with E-state index in [1.165, 1.54) is 32.4 Å². The first-order valence-electron chi connectivity index (χ1n) is 8.02. The van der Waals surface area contributed by atoms with Crippen LogP contribution in [0, 0.1) is 0 Å². The normalized spacial score (nSPS) is 13.1. The van der Waals surface area contributed by atoms with Gasteiger partial charge in [0.05, 0.1) is 27.0 Å². The van der Waals surface area contributed by atoms with Crippen molar-refractivity contribution in [1.29, 1.82) is 0 Å². The predicted molar refractivity (Wildman–Crippen MR) is 90.1 cm³/mol. The van der Waals surface area contributed by atoms with Crippen LogP contribution in [0.1, 0.15) is 18.4 Å². The average molecular weight is 469 g/mol. The molecule has 172 valence electrons. The minimum absolute atomic E-state index is 0.00753. The first kappa shape index (κ1) is 25.8. The molecule has 0 saturated carbocycles. The van der Waals surface area contributed by atoms with Crippen molar-refractivity contribution in [3.63, 3.8) is 0 Å². The molecule has 0 N–H and O–H groups in total. The molecule has 0 aliphatic carbocycles. The second kappa shape index (κ2) is 8.86. The molecule has 0 radical (unpaired) electrons. The molecule has 1 amide bonds. The number of carbonyl (C=O) groups excluding carboxylic acids is 1. The van der Waals surface area contributed by atoms with Crippen LogP contribution in [-0.4, -0.2) is 57.1 Å². The fourth-order valence-electron chi connectivity index (χ4n) is 2.47. The summed E-state index contributed by atoms with van der Waals surface area (Å²) < 4.78 is 124. The number of para-hydroxylation sites is 1. The molecule has 0 unspecified atom stereocenters. The van der Waals surface area contributed by atoms with Crippen LogP contribution in [0.25, 0.3) is 0 Å². The van der Waals surface area contributed by atoms with Gasteiger partial charge in [0.2, 0.25) is 15.9 Å². The maximum absolute atomic E-state index is 13.8. The monoisotopic (exact) mass is 469 g/mol. The zero-order valence-electron chi connectivity index (χ0n) is 15.9. The van der Waals surface area contributed by atoms with Crippen LogP contribution in [0.2, 0.25) is 0 Å². The van der Waals surface area contributed by atoms with E-state index in [2.05, 4.69) is 0 Å². The van der Waals surface area contributed by atoms with E-state index in [0.717, 1.165) is 0 Å². The maximum atomic E-state index is 13.8. The topological polar surface area (TPSA) is 72.9 Å². The van der Waals surface area contributed by atoms with Gasteiger partial charge in [0.1, 0.15) is 0 Å². The second-order valence-electron chi connectivity index (χ2n) is 6.11. The summed E-state index contributed by atoms with van der Waals surface area (Å²) >= 11 is 0. The second-order valence-corrected chi connectivity index (χ2v) is 8.02. The third kappa shape index (κ3) is 5.46. The number of hydrogen-bond donors (Lipinski definition) is 0. The van der Waals surface area contributed by atoms with E-state index in [0.29, 0.717) is 6.26 Å². The fourth-order valence-corrected chi connectivity index (χ4v) is 3.31. The van der Waals surface area contributed by atoms with Gasteiger partial charge in [0, 0.05) is 18.4 Å². The summed E-state index contributed by atoms with van der Waals surface area (Å²) in [6, 6.07) is 4.12. The highest BCUT2D eigenvalue weighted by molar-refractivity contribution is 7.88. The van der Waals surface area contributed by atoms with Crippen LogP contribution >= 0.6 is 0 Å². The fraction of sp³-hybridized carbons (Fsp3) is 0.562. The minimum atomic E-state index is -6.35. The summed E-state index contributed by atoms with van der Waals surface area (Å²) in [6.07, 6.45) is -16.2. The molecule has 30 heavy (non-hydrogen) atoms. The van der Waals surface area contributed by atoms with Gasteiger partial charge in [-0.25, -0.2) is 17.1 Å². The van der Waals surface area contributed by atoms with E-state index in [1.807, 2.05) is 0 Å². The molecule has 0 atom stereocenters. The number of ether oxygens (including phenoxy) is 2. The van der Waals surface area contributed by atoms with Crippen molar-refractivity contribution in [2.75, 3.05) is 20.5 Å². The van der Waals surface area contributed by atoms with Crippen LogP contribution in [0.4, 0.5) is 30.7 Å². The molecule has 0 aromatic heterocycles. The van der Waals surface area contributed by atoms with Crippen molar-refractivity contribution in [2.24, 2.45) is 0 Å². The number of carbonyl (C=O) groups is 1. The molecule has 14 heteroatoms. The quantitative estimate of drug-likeness (QED) is 0.544. The lowest BCUT2D eigenvalue weighted by Gasteiger charge is -2.30. The zero-order chi connectivity index (χ0) is 23.5. The number of benzene rings is 1. The van der Waals surface area contributed by atoms with Crippen LogP contribution < -0.4 is 9.47 Å². The number of alkyl halides is 7. The largest absolute Gasteiger partial charge is 0.493 e. The molecular formula is C16H18F7NO5S. The van der Waals surface area contributed by atoms with E-state index >= 15 is 0 Å². The number of halogens is 7. The molecule has 1 aromatic rings. The van der Waals surface area contributed by atoms with Crippen molar-refractivity contribution >= 4 is 15.9 Å². The SMILES string of the molecule is COc1cccc(CN(C(=O)CCC(F)(C(F)(F)F)C(F)(F)F)S(C)(=O)=O)c1OC. The summed E-state index contributed by atoms with van der Waals surface area (Å²) in [5.74, 6) is -1.53. The summed E-state index contributed by atoms with van der Waals surface area (Å²) in [6.45, 7) is -0.782. The summed E-state index contributed by atoms with van der Waals surface area (Å²) in [5.41, 5.74) is -5.64. The summed E-state index contributed by atoms with van der Waals surface area (Å²) in [4.78, 5) is 12.2. The van der Waals surface area contributed by atoms with Crippen molar-refractivity contribution in [3.8, 4) is 11.5 Å². The van der Waals surface area contributed by atoms with Gasteiger partial charge in [-0.3, -0.25) is 4.79 Å². The number of hydrogen-bond acceptors (Lipinski definition) is 5. The molecule has 6 nitrogen and oxygen atoms in total. The number of rotatable bonds is 8. The van der Waals surface area contributed by atoms with Gasteiger partial charge < -0.3 is 9.47 Å². The highest BCUT2D eigenvalue weighted by atomic mass is 32.2. The summed E-state index contributed by atoms with van der Waals surface area (Å²) in [7, 11) is -1.99. The average Bonchev–Trinajstić information content (AvgIpc) is 2.60. The Balaban J connectivity index is 3.23. The molecule has 0 spiro atoms. The zero-order valence-corrected chi connectivity index (χ0v) is 16.7. The maximum Gasteiger partial charge on any atom is 0.431 e. The third-order valence-electron chi connectivity index (χ3n) is 4.06. The highest BCUT2D eigenvalue weighted by Gasteiger charge is 2.72. The Morgan fingerprint density at radius 2 is 1.53 bits per heavy atom. The van der Waals surface area contributed by atoms with Crippen LogP contribution in [0.3, 0.4) is 0 Å². The first-order valence-corrected chi connectivity index (χ1v) is 9.87. The van der Waals surface area contributed by atoms with Gasteiger partial charge in [0.25, 0.3) is 5.67 Å². The molecule has 0 aliphatic rings. The van der Waals surface area contributed by atoms with Crippen molar-refractivity contribution in [2.45, 2.75) is 37.4 Å². The molecule has 0 fully saturated rings. The van der Waals surface area contributed by atoms with Gasteiger partial charge in [-0.1, -0.05) is 12.1 Å². The van der Waals surface area contributed by atoms with Crippen LogP contribution in [-0.2, 0) is 21.4 Å². The van der Waals surface area contributed by atoms with Gasteiger partial charge in [0.15, 0.2) is 11.5 Å². The summed E-state index contributed by atoms with van der Waals surface area (Å²) in [5, 5.41) is 0. The molecule has 0 bridgehead atoms. The Bertz CT molecular complexity index is 854. The van der Waals surface area contributed by atoms with Crippen molar-refractivity contribution < 1.29 is 53.4 Å². The highest BCUT2D eigenvalue weighted by Crippen LogP contribution is 2.49. The van der Waals surface area contributed by atoms with Gasteiger partial charge in [-0.05, 0) is 6.07 Å². The molecule has 1 aromatic carbocycles. The van der Waals surface area contributed by atoms with Crippen LogP contribution in [0.5, 0.6) is 11.5 Å². The van der Waals surface area contributed by atoms with E-state index in [4.69, 9.17) is 9.47 Å². The van der Waals surface area contributed by atoms with E-state index in [-0.39, 0.29) is 21.4 Å². The number of sulfonamides is 1. The molecule has 0 saturated heterocycles. The predicted octanol–water partition coefficient (Wildman–Crippen LogP) is 3.61. The molecule has 0 aliphatic heterocycles. The lowest BCUT2D eigenvalue weighted by atomic mass is 9.98. The molecule has 1 rings (SSSR count). The van der Waals surface area contributed by atoms with E-state index in [9.17, 15) is 43.9 Å². The van der Waals surface area contributed by atoms with Crippen LogP contribution in [0.15, 0.2) is 18.2 Å². The standard InChI is InChI=1S/C16H18F7NO5S/c1-28-11-6-4-5-10(13(11)29-2)9-24(30(3,26)27)12(25)7-8-14(17,15(18,19)20)16(21,22)23/h4-6H,7-9H2,1-3H3. The Morgan fingerprint density at radius 3 is 1.93 bits per heavy atom. The first-order chi connectivity index (χ1) is 13.5. The smallest absolute Gasteiger partial charge is 0.431 e. The van der Waals surface area contributed by atoms with Crippen molar-refractivity contribution in [3.05, 3.63) is 23.8 Å². The molecular weight excluding hydrogens is 451 g/mol. The number of amides is 1. The Hall–Kier alpha value is -2.25. The van der Waals surface area contributed by atoms with Crippen molar-refractivity contribution in [1.82, 2.24) is 4.31 Å². The number of nitrogens with zero attached hydrogens (tertiary/aromatic N) is 1. The van der Waals surface area contributed by atoms with E-state index in [1.54, 1.807) is 0 Å². The van der Waals surface area contributed by atoms with Gasteiger partial charge in [-0.2, -0.15) is 26.3 Å². The van der Waals surface area contributed by atoms with Gasteiger partial charge >= 0.3 is 12.4 Å². The minimum Gasteiger partial charge on any atom is -0.493 e. The van der Waals surface area contributed by atoms with E-state index < -0.39 is 53.3 Å². The Kier molecular flexibility index (Phi) is 7.61. The lowest BCUT2D eigenvalue weighted by molar-refractivity contribution is -0.343. The number of methoxy groups -OCH3 is 2. The third-order valence-corrected chi connectivity index (χ3v) is 5.19. The Morgan fingerprint density at radius 1 is 1.00 bits per heavy atom.